The maximum atomic E-state index is 12.9. The van der Waals surface area contributed by atoms with Crippen molar-refractivity contribution < 1.29 is 28.6 Å². The molecule has 0 aromatic carbocycles. The molecular weight excluding hydrogens is 973 g/mol. The van der Waals surface area contributed by atoms with Crippen LogP contribution in [-0.4, -0.2) is 37.2 Å². The summed E-state index contributed by atoms with van der Waals surface area (Å²) < 4.78 is 16.9. The van der Waals surface area contributed by atoms with Crippen LogP contribution < -0.4 is 0 Å². The molecule has 0 spiro atoms. The molecule has 460 valence electrons. The Kier molecular flexibility index (Phi) is 65.1. The Morgan fingerprint density at radius 2 is 0.519 bits per heavy atom. The Bertz CT molecular complexity index is 1410. The molecule has 0 aromatic heterocycles. The lowest BCUT2D eigenvalue weighted by atomic mass is 10.0. The van der Waals surface area contributed by atoms with Gasteiger partial charge in [-0.25, -0.2) is 0 Å². The van der Waals surface area contributed by atoms with E-state index in [1.54, 1.807) is 0 Å². The molecule has 1 unspecified atom stereocenters. The smallest absolute Gasteiger partial charge is 0.306 e. The van der Waals surface area contributed by atoms with Gasteiger partial charge < -0.3 is 14.2 Å². The zero-order valence-electron chi connectivity index (χ0n) is 52.9. The average molecular weight is 1110 g/mol. The molecule has 6 heteroatoms. The predicted molar refractivity (Wildman–Crippen MR) is 344 cm³/mol. The molecule has 0 aromatic rings. The van der Waals surface area contributed by atoms with Gasteiger partial charge in [0, 0.05) is 19.3 Å². The fourth-order valence-electron chi connectivity index (χ4n) is 10.3. The molecule has 0 radical (unpaired) electrons. The summed E-state index contributed by atoms with van der Waals surface area (Å²) in [4.78, 5) is 38.3. The Hall–Kier alpha value is -2.89. The molecule has 0 amide bonds. The Morgan fingerprint density at radius 3 is 0.835 bits per heavy atom. The third-order valence-electron chi connectivity index (χ3n) is 15.5. The molecule has 1 atom stereocenters. The van der Waals surface area contributed by atoms with Gasteiger partial charge in [-0.05, 0) is 77.0 Å². The number of carbonyl (C=O) groups is 3. The van der Waals surface area contributed by atoms with Crippen LogP contribution in [-0.2, 0) is 28.6 Å². The summed E-state index contributed by atoms with van der Waals surface area (Å²) in [7, 11) is 0. The van der Waals surface area contributed by atoms with E-state index in [9.17, 15) is 14.4 Å². The van der Waals surface area contributed by atoms with Gasteiger partial charge in [-0.1, -0.05) is 332 Å². The number of hydrogen-bond donors (Lipinski definition) is 0. The van der Waals surface area contributed by atoms with Crippen molar-refractivity contribution in [3.05, 3.63) is 60.8 Å². The molecule has 79 heavy (non-hydrogen) atoms. The van der Waals surface area contributed by atoms with Gasteiger partial charge in [-0.3, -0.25) is 14.4 Å². The lowest BCUT2D eigenvalue weighted by Crippen LogP contribution is -2.30. The Morgan fingerprint density at radius 1 is 0.266 bits per heavy atom. The summed E-state index contributed by atoms with van der Waals surface area (Å²) in [5.41, 5.74) is 0. The van der Waals surface area contributed by atoms with E-state index in [0.29, 0.717) is 19.3 Å². The van der Waals surface area contributed by atoms with Crippen molar-refractivity contribution in [2.45, 2.75) is 374 Å². The van der Waals surface area contributed by atoms with Gasteiger partial charge in [0.1, 0.15) is 13.2 Å². The minimum Gasteiger partial charge on any atom is -0.462 e. The molecule has 0 rings (SSSR count). The molecule has 0 heterocycles. The van der Waals surface area contributed by atoms with E-state index in [4.69, 9.17) is 14.2 Å². The number of ether oxygens (including phenoxy) is 3. The maximum absolute atomic E-state index is 12.9. The second kappa shape index (κ2) is 67.6. The number of allylic oxidation sites excluding steroid dienone is 10. The van der Waals surface area contributed by atoms with Crippen LogP contribution >= 0.6 is 0 Å². The van der Waals surface area contributed by atoms with Crippen LogP contribution in [0.15, 0.2) is 60.8 Å². The number of unbranched alkanes of at least 4 members (excludes halogenated alkanes) is 43. The molecule has 0 fully saturated rings. The van der Waals surface area contributed by atoms with Crippen molar-refractivity contribution in [2.75, 3.05) is 13.2 Å². The van der Waals surface area contributed by atoms with Crippen molar-refractivity contribution in [3.63, 3.8) is 0 Å². The van der Waals surface area contributed by atoms with Crippen LogP contribution in [0.3, 0.4) is 0 Å². The van der Waals surface area contributed by atoms with E-state index in [2.05, 4.69) is 81.5 Å². The lowest BCUT2D eigenvalue weighted by Gasteiger charge is -2.18. The average Bonchev–Trinajstić information content (AvgIpc) is 3.45. The van der Waals surface area contributed by atoms with Gasteiger partial charge in [0.25, 0.3) is 0 Å². The molecule has 0 aliphatic carbocycles. The first-order chi connectivity index (χ1) is 39.0. The highest BCUT2D eigenvalue weighted by Crippen LogP contribution is 2.18. The van der Waals surface area contributed by atoms with Gasteiger partial charge in [0.2, 0.25) is 0 Å². The van der Waals surface area contributed by atoms with E-state index < -0.39 is 6.10 Å². The second-order valence-corrected chi connectivity index (χ2v) is 23.4. The van der Waals surface area contributed by atoms with Crippen LogP contribution in [0.4, 0.5) is 0 Å². The molecular formula is C73H132O6. The van der Waals surface area contributed by atoms with E-state index in [1.807, 2.05) is 0 Å². The normalized spacial score (nSPS) is 12.4. The van der Waals surface area contributed by atoms with Crippen LogP contribution in [0.25, 0.3) is 0 Å². The van der Waals surface area contributed by atoms with E-state index in [0.717, 1.165) is 103 Å². The summed E-state index contributed by atoms with van der Waals surface area (Å²) in [5, 5.41) is 0. The van der Waals surface area contributed by atoms with Gasteiger partial charge in [0.05, 0.1) is 0 Å². The van der Waals surface area contributed by atoms with Gasteiger partial charge in [0.15, 0.2) is 6.10 Å². The molecule has 0 N–H and O–H groups in total. The van der Waals surface area contributed by atoms with Crippen LogP contribution in [0.2, 0.25) is 0 Å². The van der Waals surface area contributed by atoms with Crippen molar-refractivity contribution in [1.29, 1.82) is 0 Å². The topological polar surface area (TPSA) is 78.9 Å². The van der Waals surface area contributed by atoms with Crippen LogP contribution in [0, 0.1) is 0 Å². The minimum atomic E-state index is -0.781. The van der Waals surface area contributed by atoms with E-state index in [-0.39, 0.29) is 31.1 Å². The number of carbonyl (C=O) groups excluding carboxylic acids is 3. The lowest BCUT2D eigenvalue weighted by molar-refractivity contribution is -0.167. The molecule has 0 saturated carbocycles. The maximum Gasteiger partial charge on any atom is 0.306 e. The van der Waals surface area contributed by atoms with E-state index >= 15 is 0 Å². The monoisotopic (exact) mass is 1110 g/mol. The van der Waals surface area contributed by atoms with Gasteiger partial charge >= 0.3 is 17.9 Å². The SMILES string of the molecule is CC/C=C\C/C=C\C/C=C\C/C=C\CCCCCCCCCCC(=O)OC(COC(=O)CCCCCCC/C=C\CCC)COC(=O)CCCCCCCCCCCCCCCCCCCCCCCCCCCCCCCC. The molecule has 0 saturated heterocycles. The van der Waals surface area contributed by atoms with Crippen LogP contribution in [0.5, 0.6) is 0 Å². The molecule has 6 nitrogen and oxygen atoms in total. The zero-order chi connectivity index (χ0) is 57.1. The quantitative estimate of drug-likeness (QED) is 0.0261. The summed E-state index contributed by atoms with van der Waals surface area (Å²) in [6.07, 6.45) is 87.0. The zero-order valence-corrected chi connectivity index (χ0v) is 52.9. The van der Waals surface area contributed by atoms with Gasteiger partial charge in [-0.2, -0.15) is 0 Å². The van der Waals surface area contributed by atoms with Crippen LogP contribution in [0.1, 0.15) is 367 Å². The van der Waals surface area contributed by atoms with Crippen molar-refractivity contribution in [2.24, 2.45) is 0 Å². The third-order valence-corrected chi connectivity index (χ3v) is 15.5. The highest BCUT2D eigenvalue weighted by atomic mass is 16.6. The number of rotatable bonds is 64. The highest BCUT2D eigenvalue weighted by Gasteiger charge is 2.19. The molecule has 0 aliphatic heterocycles. The Balaban J connectivity index is 4.12. The largest absolute Gasteiger partial charge is 0.462 e. The fourth-order valence-corrected chi connectivity index (χ4v) is 10.3. The first-order valence-corrected chi connectivity index (χ1v) is 34.8. The molecule has 0 aliphatic rings. The fraction of sp³-hybridized carbons (Fsp3) is 0.822. The minimum absolute atomic E-state index is 0.0770. The molecule has 0 bridgehead atoms. The first kappa shape index (κ1) is 76.1. The van der Waals surface area contributed by atoms with Crippen molar-refractivity contribution in [1.82, 2.24) is 0 Å². The second-order valence-electron chi connectivity index (χ2n) is 23.4. The summed E-state index contributed by atoms with van der Waals surface area (Å²) in [5.74, 6) is -0.877. The van der Waals surface area contributed by atoms with Crippen molar-refractivity contribution >= 4 is 17.9 Å². The van der Waals surface area contributed by atoms with Gasteiger partial charge in [-0.15, -0.1) is 0 Å². The third kappa shape index (κ3) is 65.8. The highest BCUT2D eigenvalue weighted by molar-refractivity contribution is 5.71. The van der Waals surface area contributed by atoms with Crippen molar-refractivity contribution in [3.8, 4) is 0 Å². The number of hydrogen-bond acceptors (Lipinski definition) is 6. The first-order valence-electron chi connectivity index (χ1n) is 34.8. The number of esters is 3. The standard InChI is InChI=1S/C73H132O6/c1-4-7-10-13-16-19-22-24-26-28-30-32-33-34-35-36-37-38-39-40-42-43-45-47-49-51-54-57-60-63-66-72(75)78-69-70(68-77-71(74)65-62-59-56-53-21-18-15-12-9-6-3)79-73(76)67-64-61-58-55-52-50-48-46-44-41-31-29-27-25-23-20-17-14-11-8-5-2/h8,11-12,15,17,20,25,27,31,41,70H,4-7,9-10,13-14,16,18-19,21-24,26,28-30,32-40,42-69H2,1-3H3/b11-8-,15-12-,20-17-,27-25-,41-31-. The Labute approximate surface area is 491 Å². The summed E-state index contributed by atoms with van der Waals surface area (Å²) >= 11 is 0. The summed E-state index contributed by atoms with van der Waals surface area (Å²) in [6.45, 7) is 6.51. The summed E-state index contributed by atoms with van der Waals surface area (Å²) in [6, 6.07) is 0. The van der Waals surface area contributed by atoms with E-state index in [1.165, 1.54) is 225 Å². The predicted octanol–water partition coefficient (Wildman–Crippen LogP) is 23.9.